The molecule has 1 saturated heterocycles. The van der Waals surface area contributed by atoms with Crippen molar-refractivity contribution in [2.24, 2.45) is 11.1 Å². The third-order valence-corrected chi connectivity index (χ3v) is 6.40. The Labute approximate surface area is 182 Å². The van der Waals surface area contributed by atoms with Gasteiger partial charge < -0.3 is 16.0 Å². The number of ketones is 1. The lowest BCUT2D eigenvalue weighted by Gasteiger charge is -2.44. The van der Waals surface area contributed by atoms with E-state index in [9.17, 15) is 27.6 Å². The van der Waals surface area contributed by atoms with Crippen LogP contribution >= 0.6 is 0 Å². The Balaban J connectivity index is 1.38. The minimum Gasteiger partial charge on any atom is -0.366 e. The molecule has 2 aliphatic rings. The molecule has 1 spiro atoms. The molecule has 1 aliphatic carbocycles. The Kier molecular flexibility index (Phi) is 5.66. The maximum Gasteiger partial charge on any atom is 0.317 e. The zero-order valence-electron chi connectivity index (χ0n) is 17.2. The van der Waals surface area contributed by atoms with Gasteiger partial charge >= 0.3 is 6.03 Å². The van der Waals surface area contributed by atoms with Crippen molar-refractivity contribution in [2.75, 3.05) is 13.1 Å². The molecule has 2 aromatic rings. The second-order valence-corrected chi connectivity index (χ2v) is 8.51. The Morgan fingerprint density at radius 2 is 1.75 bits per heavy atom. The fourth-order valence-electron chi connectivity index (χ4n) is 4.60. The number of nitrogens with one attached hydrogen (secondary N) is 1. The molecule has 2 aromatic carbocycles. The van der Waals surface area contributed by atoms with Crippen LogP contribution in [0.3, 0.4) is 0 Å². The smallest absolute Gasteiger partial charge is 0.317 e. The highest BCUT2D eigenvalue weighted by molar-refractivity contribution is 5.99. The van der Waals surface area contributed by atoms with Crippen LogP contribution in [0.15, 0.2) is 30.3 Å². The molecular formula is C23H22F3N3O3. The fourth-order valence-corrected chi connectivity index (χ4v) is 4.60. The standard InChI is InChI=1S/C23H22F3N3O3/c24-14-8-15-17(19(26)9-14)10-23(11-20(15)30)3-5-29(6-4-23)22(32)28-12-13-1-2-18(25)16(7-13)21(27)31/h1-2,7-9H,3-6,10-12H2,(H2,27,31)(H,28,32). The lowest BCUT2D eigenvalue weighted by Crippen LogP contribution is -2.49. The highest BCUT2D eigenvalue weighted by Crippen LogP contribution is 2.44. The largest absolute Gasteiger partial charge is 0.366 e. The Morgan fingerprint density at radius 1 is 1.03 bits per heavy atom. The van der Waals surface area contributed by atoms with Crippen molar-refractivity contribution >= 4 is 17.7 Å². The minimum absolute atomic E-state index is 0.0870. The van der Waals surface area contributed by atoms with Crippen molar-refractivity contribution in [2.45, 2.75) is 32.2 Å². The molecule has 0 aromatic heterocycles. The third-order valence-electron chi connectivity index (χ3n) is 6.40. The van der Waals surface area contributed by atoms with Gasteiger partial charge in [-0.05, 0) is 54.0 Å². The molecule has 32 heavy (non-hydrogen) atoms. The zero-order valence-corrected chi connectivity index (χ0v) is 17.2. The van der Waals surface area contributed by atoms with Crippen LogP contribution in [-0.2, 0) is 13.0 Å². The van der Waals surface area contributed by atoms with E-state index in [1.807, 2.05) is 0 Å². The quantitative estimate of drug-likeness (QED) is 0.759. The van der Waals surface area contributed by atoms with E-state index in [4.69, 9.17) is 5.73 Å². The topological polar surface area (TPSA) is 92.5 Å². The van der Waals surface area contributed by atoms with Gasteiger partial charge in [-0.3, -0.25) is 9.59 Å². The molecule has 9 heteroatoms. The van der Waals surface area contributed by atoms with Gasteiger partial charge in [0.2, 0.25) is 0 Å². The van der Waals surface area contributed by atoms with Gasteiger partial charge in [-0.25, -0.2) is 18.0 Å². The summed E-state index contributed by atoms with van der Waals surface area (Å²) in [4.78, 5) is 38.0. The second-order valence-electron chi connectivity index (χ2n) is 8.51. The maximum atomic E-state index is 14.3. The SMILES string of the molecule is NC(=O)c1cc(CNC(=O)N2CCC3(CC2)CC(=O)c2cc(F)cc(F)c2C3)ccc1F. The van der Waals surface area contributed by atoms with Crippen LogP contribution in [0.2, 0.25) is 0 Å². The molecule has 168 valence electrons. The number of carbonyl (C=O) groups excluding carboxylic acids is 3. The normalized spacial score (nSPS) is 17.2. The zero-order chi connectivity index (χ0) is 23.0. The number of hydrogen-bond acceptors (Lipinski definition) is 3. The van der Waals surface area contributed by atoms with Gasteiger partial charge in [-0.1, -0.05) is 6.07 Å². The molecule has 0 radical (unpaired) electrons. The summed E-state index contributed by atoms with van der Waals surface area (Å²) in [6, 6.07) is 5.43. The van der Waals surface area contributed by atoms with Gasteiger partial charge in [0, 0.05) is 37.7 Å². The van der Waals surface area contributed by atoms with Crippen LogP contribution in [0, 0.1) is 22.9 Å². The van der Waals surface area contributed by atoms with Crippen LogP contribution in [-0.4, -0.2) is 35.7 Å². The average Bonchev–Trinajstić information content (AvgIpc) is 2.74. The Hall–Kier alpha value is -3.36. The molecule has 0 atom stereocenters. The number of rotatable bonds is 3. The molecule has 1 heterocycles. The van der Waals surface area contributed by atoms with Crippen LogP contribution in [0.25, 0.3) is 0 Å². The summed E-state index contributed by atoms with van der Waals surface area (Å²) in [5, 5.41) is 2.73. The Morgan fingerprint density at radius 3 is 2.44 bits per heavy atom. The van der Waals surface area contributed by atoms with Crippen LogP contribution in [0.5, 0.6) is 0 Å². The number of carbonyl (C=O) groups is 3. The third kappa shape index (κ3) is 4.19. The summed E-state index contributed by atoms with van der Waals surface area (Å²) in [6.07, 6.45) is 1.57. The van der Waals surface area contributed by atoms with Crippen LogP contribution in [0.1, 0.15) is 51.1 Å². The number of likely N-dealkylation sites (tertiary alicyclic amines) is 1. The molecule has 3 amide bonds. The number of piperidine rings is 1. The van der Waals surface area contributed by atoms with Crippen molar-refractivity contribution in [1.82, 2.24) is 10.2 Å². The van der Waals surface area contributed by atoms with Gasteiger partial charge in [0.1, 0.15) is 17.5 Å². The van der Waals surface area contributed by atoms with Gasteiger partial charge in [0.25, 0.3) is 5.91 Å². The first-order chi connectivity index (χ1) is 15.2. The first-order valence-electron chi connectivity index (χ1n) is 10.3. The van der Waals surface area contributed by atoms with Gasteiger partial charge in [0.15, 0.2) is 5.78 Å². The summed E-state index contributed by atoms with van der Waals surface area (Å²) < 4.78 is 41.4. The molecule has 1 fully saturated rings. The number of halogens is 3. The van der Waals surface area contributed by atoms with E-state index in [-0.39, 0.29) is 41.5 Å². The molecule has 3 N–H and O–H groups in total. The molecule has 0 unspecified atom stereocenters. The lowest BCUT2D eigenvalue weighted by atomic mass is 9.66. The van der Waals surface area contributed by atoms with Crippen LogP contribution in [0.4, 0.5) is 18.0 Å². The van der Waals surface area contributed by atoms with Crippen molar-refractivity contribution in [1.29, 1.82) is 0 Å². The van der Waals surface area contributed by atoms with E-state index in [0.717, 1.165) is 18.2 Å². The molecular weight excluding hydrogens is 423 g/mol. The number of hydrogen-bond donors (Lipinski definition) is 2. The van der Waals surface area contributed by atoms with E-state index < -0.39 is 28.8 Å². The van der Waals surface area contributed by atoms with Gasteiger partial charge in [0.05, 0.1) is 5.56 Å². The Bertz CT molecular complexity index is 1110. The van der Waals surface area contributed by atoms with Gasteiger partial charge in [-0.2, -0.15) is 0 Å². The molecule has 6 nitrogen and oxygen atoms in total. The van der Waals surface area contributed by atoms with E-state index in [2.05, 4.69) is 5.32 Å². The van der Waals surface area contributed by atoms with E-state index >= 15 is 0 Å². The highest BCUT2D eigenvalue weighted by Gasteiger charge is 2.42. The van der Waals surface area contributed by atoms with Crippen molar-refractivity contribution < 1.29 is 27.6 Å². The van der Waals surface area contributed by atoms with Gasteiger partial charge in [-0.15, -0.1) is 0 Å². The van der Waals surface area contributed by atoms with E-state index in [1.165, 1.54) is 12.1 Å². The summed E-state index contributed by atoms with van der Waals surface area (Å²) in [6.45, 7) is 0.851. The van der Waals surface area contributed by atoms with Crippen molar-refractivity contribution in [3.05, 3.63) is 70.0 Å². The number of urea groups is 1. The molecule has 4 rings (SSSR count). The summed E-state index contributed by atoms with van der Waals surface area (Å²) in [5.41, 5.74) is 5.34. The molecule has 0 bridgehead atoms. The summed E-state index contributed by atoms with van der Waals surface area (Å²) in [5.74, 6) is -3.36. The summed E-state index contributed by atoms with van der Waals surface area (Å²) in [7, 11) is 0. The van der Waals surface area contributed by atoms with E-state index in [0.29, 0.717) is 37.9 Å². The number of Topliss-reactive ketones (excluding diaryl/α,β-unsaturated/α-hetero) is 1. The number of benzene rings is 2. The van der Waals surface area contributed by atoms with Crippen molar-refractivity contribution in [3.8, 4) is 0 Å². The lowest BCUT2D eigenvalue weighted by molar-refractivity contribution is 0.0729. The first kappa shape index (κ1) is 21.9. The molecule has 0 saturated carbocycles. The number of fused-ring (bicyclic) bond motifs is 1. The number of nitrogens with two attached hydrogens (primary N) is 1. The van der Waals surface area contributed by atoms with Crippen LogP contribution < -0.4 is 11.1 Å². The average molecular weight is 445 g/mol. The summed E-state index contributed by atoms with van der Waals surface area (Å²) >= 11 is 0. The maximum absolute atomic E-state index is 14.3. The number of amides is 3. The second kappa shape index (κ2) is 8.29. The predicted octanol–water partition coefficient (Wildman–Crippen LogP) is 3.32. The number of primary amides is 1. The monoisotopic (exact) mass is 445 g/mol. The minimum atomic E-state index is -0.889. The number of nitrogens with zero attached hydrogens (tertiary/aromatic N) is 1. The van der Waals surface area contributed by atoms with Crippen molar-refractivity contribution in [3.63, 3.8) is 0 Å². The highest BCUT2D eigenvalue weighted by atomic mass is 19.1. The molecule has 1 aliphatic heterocycles. The van der Waals surface area contributed by atoms with E-state index in [1.54, 1.807) is 4.90 Å². The fraction of sp³-hybridized carbons (Fsp3) is 0.348. The predicted molar refractivity (Wildman–Crippen MR) is 109 cm³/mol. The first-order valence-corrected chi connectivity index (χ1v) is 10.3.